The summed E-state index contributed by atoms with van der Waals surface area (Å²) in [5, 5.41) is 12.9. The summed E-state index contributed by atoms with van der Waals surface area (Å²) >= 11 is 6.74. The van der Waals surface area contributed by atoms with E-state index in [1.54, 1.807) is 13.0 Å². The number of rotatable bonds is 14. The SMILES string of the molecule is CCOC1CC(NC(=O)N(CCO[C@@H](C)c2ccccc2)[C@H](C)c2cc(OC)c(C(C)=O)c(OC)c2Cl)(C(=O)O)C1. The number of amides is 2. The number of carboxylic acid groups (broad SMARTS) is 1. The van der Waals surface area contributed by atoms with E-state index in [2.05, 4.69) is 5.32 Å². The van der Waals surface area contributed by atoms with E-state index in [9.17, 15) is 19.5 Å². The van der Waals surface area contributed by atoms with Crippen molar-refractivity contribution in [3.8, 4) is 11.5 Å². The van der Waals surface area contributed by atoms with Gasteiger partial charge in [0, 0.05) is 31.6 Å². The predicted octanol–water partition coefficient (Wildman–Crippen LogP) is 5.43. The maximum Gasteiger partial charge on any atom is 0.329 e. The summed E-state index contributed by atoms with van der Waals surface area (Å²) in [7, 11) is 2.82. The average Bonchev–Trinajstić information content (AvgIpc) is 2.93. The van der Waals surface area contributed by atoms with Crippen LogP contribution in [-0.2, 0) is 14.3 Å². The molecule has 11 heteroatoms. The molecule has 1 aliphatic rings. The highest BCUT2D eigenvalue weighted by Crippen LogP contribution is 2.43. The van der Waals surface area contributed by atoms with Gasteiger partial charge >= 0.3 is 12.0 Å². The zero-order valence-electron chi connectivity index (χ0n) is 24.4. The normalized spacial score (nSPS) is 19.4. The Balaban J connectivity index is 1.93. The number of Topliss-reactive ketones (excluding diaryl/α,β-unsaturated/α-hetero) is 1. The minimum Gasteiger partial charge on any atom is -0.496 e. The lowest BCUT2D eigenvalue weighted by Gasteiger charge is -2.45. The molecule has 0 aliphatic heterocycles. The Hall–Kier alpha value is -3.34. The van der Waals surface area contributed by atoms with Crippen molar-refractivity contribution in [3.05, 3.63) is 58.1 Å². The molecule has 2 atom stereocenters. The fourth-order valence-electron chi connectivity index (χ4n) is 5.08. The summed E-state index contributed by atoms with van der Waals surface area (Å²) in [5.74, 6) is -1.05. The number of ketones is 1. The standard InChI is InChI=1S/C30H39ClN2O8/c1-7-40-22-16-30(17-22,28(35)36)32-29(37)33(13-14-41-20(4)21-11-9-8-10-12-21)18(2)23-15-24(38-5)25(19(3)34)27(39-6)26(23)31/h8-12,15,18,20,22H,7,13-14,16-17H2,1-6H3,(H,32,37)(H,35,36)/t18-,20+,22?,30?/m1/s1. The number of nitrogens with zero attached hydrogens (tertiary/aromatic N) is 1. The van der Waals surface area contributed by atoms with Crippen LogP contribution < -0.4 is 14.8 Å². The molecule has 0 aromatic heterocycles. The predicted molar refractivity (Wildman–Crippen MR) is 154 cm³/mol. The van der Waals surface area contributed by atoms with Crippen LogP contribution >= 0.6 is 11.6 Å². The molecule has 224 valence electrons. The molecular formula is C30H39ClN2O8. The van der Waals surface area contributed by atoms with Gasteiger partial charge in [0.15, 0.2) is 11.5 Å². The van der Waals surface area contributed by atoms with Crippen molar-refractivity contribution in [2.24, 2.45) is 0 Å². The number of benzene rings is 2. The van der Waals surface area contributed by atoms with Crippen LogP contribution in [0, 0.1) is 0 Å². The minimum atomic E-state index is -1.45. The second-order valence-electron chi connectivity index (χ2n) is 10.0. The van der Waals surface area contributed by atoms with Gasteiger partial charge in [0.05, 0.1) is 44.1 Å². The number of carbonyl (C=O) groups is 3. The second kappa shape index (κ2) is 14.0. The molecule has 1 saturated carbocycles. The Labute approximate surface area is 245 Å². The third-order valence-corrected chi connectivity index (χ3v) is 7.84. The number of aliphatic carboxylic acids is 1. The van der Waals surface area contributed by atoms with Crippen LogP contribution in [0.25, 0.3) is 0 Å². The number of methoxy groups -OCH3 is 2. The van der Waals surface area contributed by atoms with Crippen molar-refractivity contribution in [1.82, 2.24) is 10.2 Å². The number of hydrogen-bond acceptors (Lipinski definition) is 7. The molecule has 1 aliphatic carbocycles. The van der Waals surface area contributed by atoms with Gasteiger partial charge in [-0.2, -0.15) is 0 Å². The van der Waals surface area contributed by atoms with Gasteiger partial charge in [0.1, 0.15) is 16.9 Å². The van der Waals surface area contributed by atoms with Crippen molar-refractivity contribution in [2.45, 2.75) is 64.3 Å². The molecule has 10 nitrogen and oxygen atoms in total. The number of hydrogen-bond donors (Lipinski definition) is 2. The van der Waals surface area contributed by atoms with Crippen LogP contribution in [0.3, 0.4) is 0 Å². The molecule has 2 aromatic rings. The van der Waals surface area contributed by atoms with Crippen molar-refractivity contribution in [1.29, 1.82) is 0 Å². The first-order chi connectivity index (χ1) is 19.5. The van der Waals surface area contributed by atoms with Gasteiger partial charge in [0.25, 0.3) is 0 Å². The third kappa shape index (κ3) is 7.12. The summed E-state index contributed by atoms with van der Waals surface area (Å²) < 4.78 is 22.6. The summed E-state index contributed by atoms with van der Waals surface area (Å²) in [6, 6.07) is 9.98. The molecule has 2 aromatic carbocycles. The van der Waals surface area contributed by atoms with Crippen LogP contribution in [0.1, 0.15) is 74.2 Å². The van der Waals surface area contributed by atoms with E-state index >= 15 is 0 Å². The molecular weight excluding hydrogens is 552 g/mol. The van der Waals surface area contributed by atoms with E-state index < -0.39 is 23.6 Å². The van der Waals surface area contributed by atoms with Gasteiger partial charge in [-0.3, -0.25) is 4.79 Å². The van der Waals surface area contributed by atoms with E-state index in [0.29, 0.717) is 12.2 Å². The lowest BCUT2D eigenvalue weighted by Crippen LogP contribution is -2.66. The Bertz CT molecular complexity index is 1230. The fourth-order valence-corrected chi connectivity index (χ4v) is 5.47. The molecule has 3 rings (SSSR count). The number of urea groups is 1. The van der Waals surface area contributed by atoms with Gasteiger partial charge in [-0.05, 0) is 39.3 Å². The Kier molecular flexibility index (Phi) is 11.0. The lowest BCUT2D eigenvalue weighted by atomic mass is 9.74. The van der Waals surface area contributed by atoms with Gasteiger partial charge in [-0.25, -0.2) is 9.59 Å². The van der Waals surface area contributed by atoms with Gasteiger partial charge in [0.2, 0.25) is 0 Å². The van der Waals surface area contributed by atoms with Crippen LogP contribution in [0.15, 0.2) is 36.4 Å². The number of nitrogens with one attached hydrogen (secondary N) is 1. The first-order valence-electron chi connectivity index (χ1n) is 13.5. The fraction of sp³-hybridized carbons (Fsp3) is 0.500. The van der Waals surface area contributed by atoms with Crippen molar-refractivity contribution in [2.75, 3.05) is 34.0 Å². The number of carbonyl (C=O) groups excluding carboxylic acids is 2. The highest BCUT2D eigenvalue weighted by atomic mass is 35.5. The summed E-state index contributed by atoms with van der Waals surface area (Å²) in [5.41, 5.74) is 0.176. The smallest absolute Gasteiger partial charge is 0.329 e. The van der Waals surface area contributed by atoms with Gasteiger partial charge in [-0.15, -0.1) is 0 Å². The van der Waals surface area contributed by atoms with E-state index in [-0.39, 0.29) is 66.1 Å². The molecule has 0 saturated heterocycles. The zero-order chi connectivity index (χ0) is 30.3. The molecule has 0 unspecified atom stereocenters. The monoisotopic (exact) mass is 590 g/mol. The Morgan fingerprint density at radius 1 is 1.15 bits per heavy atom. The molecule has 2 N–H and O–H groups in total. The van der Waals surface area contributed by atoms with Crippen LogP contribution in [0.4, 0.5) is 4.79 Å². The van der Waals surface area contributed by atoms with Gasteiger partial charge < -0.3 is 34.3 Å². The average molecular weight is 591 g/mol. The van der Waals surface area contributed by atoms with E-state index in [1.165, 1.54) is 26.0 Å². The molecule has 2 amide bonds. The number of carboxylic acids is 1. The third-order valence-electron chi connectivity index (χ3n) is 7.45. The zero-order valence-corrected chi connectivity index (χ0v) is 25.1. The second-order valence-corrected chi connectivity index (χ2v) is 10.4. The maximum atomic E-state index is 13.8. The van der Waals surface area contributed by atoms with Crippen LogP contribution in [-0.4, -0.2) is 73.4 Å². The lowest BCUT2D eigenvalue weighted by molar-refractivity contribution is -0.156. The first-order valence-corrected chi connectivity index (χ1v) is 13.9. The van der Waals surface area contributed by atoms with E-state index in [1.807, 2.05) is 44.2 Å². The maximum absolute atomic E-state index is 13.8. The summed E-state index contributed by atoms with van der Waals surface area (Å²) in [6.07, 6.45) is -0.179. The summed E-state index contributed by atoms with van der Waals surface area (Å²) in [6.45, 7) is 7.61. The number of ether oxygens (including phenoxy) is 4. The van der Waals surface area contributed by atoms with Crippen molar-refractivity contribution < 1.29 is 38.4 Å². The van der Waals surface area contributed by atoms with Crippen LogP contribution in [0.2, 0.25) is 5.02 Å². The van der Waals surface area contributed by atoms with Crippen LogP contribution in [0.5, 0.6) is 11.5 Å². The molecule has 41 heavy (non-hydrogen) atoms. The Morgan fingerprint density at radius 3 is 2.34 bits per heavy atom. The molecule has 0 radical (unpaired) electrons. The summed E-state index contributed by atoms with van der Waals surface area (Å²) in [4.78, 5) is 39.8. The van der Waals surface area contributed by atoms with Gasteiger partial charge in [-0.1, -0.05) is 41.9 Å². The molecule has 0 bridgehead atoms. The first kappa shape index (κ1) is 32.2. The number of halogens is 1. The molecule has 0 spiro atoms. The van der Waals surface area contributed by atoms with E-state index in [0.717, 1.165) is 5.56 Å². The highest BCUT2D eigenvalue weighted by Gasteiger charge is 2.53. The van der Waals surface area contributed by atoms with Crippen molar-refractivity contribution in [3.63, 3.8) is 0 Å². The van der Waals surface area contributed by atoms with Crippen molar-refractivity contribution >= 4 is 29.4 Å². The minimum absolute atomic E-state index is 0.115. The largest absolute Gasteiger partial charge is 0.496 e. The topological polar surface area (TPSA) is 124 Å². The highest BCUT2D eigenvalue weighted by molar-refractivity contribution is 6.33. The Morgan fingerprint density at radius 2 is 1.80 bits per heavy atom. The molecule has 0 heterocycles. The van der Waals surface area contributed by atoms with E-state index in [4.69, 9.17) is 30.5 Å². The quantitative estimate of drug-likeness (QED) is 0.279. The molecule has 1 fully saturated rings.